The highest BCUT2D eigenvalue weighted by molar-refractivity contribution is 5.96. The van der Waals surface area contributed by atoms with E-state index in [0.29, 0.717) is 37.4 Å². The number of nitrogens with two attached hydrogens (primary N) is 1. The van der Waals surface area contributed by atoms with Crippen LogP contribution in [0.2, 0.25) is 0 Å². The second-order valence-electron chi connectivity index (χ2n) is 4.33. The summed E-state index contributed by atoms with van der Waals surface area (Å²) in [6.07, 6.45) is 0. The summed E-state index contributed by atoms with van der Waals surface area (Å²) in [5.74, 6) is 5.64. The highest BCUT2D eigenvalue weighted by atomic mass is 16.5. The molecule has 1 amide bonds. The Morgan fingerprint density at radius 3 is 2.38 bits per heavy atom. The lowest BCUT2D eigenvalue weighted by atomic mass is 10.1. The highest BCUT2D eigenvalue weighted by Crippen LogP contribution is 2.11. The minimum absolute atomic E-state index is 0.0778. The van der Waals surface area contributed by atoms with Crippen LogP contribution in [0.4, 0.5) is 0 Å². The molecule has 21 heavy (non-hydrogen) atoms. The zero-order valence-corrected chi connectivity index (χ0v) is 12.6. The Morgan fingerprint density at radius 2 is 1.81 bits per heavy atom. The Morgan fingerprint density at radius 1 is 1.19 bits per heavy atom. The number of amides is 1. The van der Waals surface area contributed by atoms with Gasteiger partial charge in [0, 0.05) is 32.9 Å². The van der Waals surface area contributed by atoms with Crippen LogP contribution in [0.15, 0.2) is 24.3 Å². The first-order chi connectivity index (χ1) is 10.2. The van der Waals surface area contributed by atoms with E-state index < -0.39 is 0 Å². The van der Waals surface area contributed by atoms with Gasteiger partial charge < -0.3 is 20.1 Å². The van der Waals surface area contributed by atoms with E-state index in [2.05, 4.69) is 11.8 Å². The third-order valence-electron chi connectivity index (χ3n) is 2.90. The fourth-order valence-corrected chi connectivity index (χ4v) is 1.81. The standard InChI is InChI=1S/C16H22N2O3/c1-20-12-10-18(11-13-21-2)16(19)15-8-4-3-6-14(15)7-5-9-17/h3-4,6,8H,9-13,17H2,1-2H3. The molecule has 0 atom stereocenters. The van der Waals surface area contributed by atoms with Crippen molar-refractivity contribution in [2.45, 2.75) is 0 Å². The molecule has 114 valence electrons. The van der Waals surface area contributed by atoms with Crippen LogP contribution < -0.4 is 5.73 Å². The zero-order valence-electron chi connectivity index (χ0n) is 12.6. The number of nitrogens with zero attached hydrogens (tertiary/aromatic N) is 1. The summed E-state index contributed by atoms with van der Waals surface area (Å²) in [5, 5.41) is 0. The Labute approximate surface area is 126 Å². The monoisotopic (exact) mass is 290 g/mol. The van der Waals surface area contributed by atoms with Gasteiger partial charge in [-0.2, -0.15) is 0 Å². The van der Waals surface area contributed by atoms with Crippen LogP contribution >= 0.6 is 0 Å². The average molecular weight is 290 g/mol. The zero-order chi connectivity index (χ0) is 15.5. The van der Waals surface area contributed by atoms with Crippen LogP contribution in [0.25, 0.3) is 0 Å². The van der Waals surface area contributed by atoms with Crippen molar-refractivity contribution in [3.8, 4) is 11.8 Å². The number of hydrogen-bond donors (Lipinski definition) is 1. The summed E-state index contributed by atoms with van der Waals surface area (Å²) in [4.78, 5) is 14.4. The molecule has 0 radical (unpaired) electrons. The molecule has 1 rings (SSSR count). The Hall–Kier alpha value is -1.87. The average Bonchev–Trinajstić information content (AvgIpc) is 2.52. The van der Waals surface area contributed by atoms with E-state index in [1.54, 1.807) is 25.2 Å². The molecule has 1 aromatic rings. The van der Waals surface area contributed by atoms with Gasteiger partial charge in [0.15, 0.2) is 0 Å². The number of methoxy groups -OCH3 is 2. The third-order valence-corrected chi connectivity index (χ3v) is 2.90. The predicted molar refractivity (Wildman–Crippen MR) is 82.0 cm³/mol. The first-order valence-electron chi connectivity index (χ1n) is 6.79. The Bertz CT molecular complexity index is 498. The van der Waals surface area contributed by atoms with Crippen molar-refractivity contribution in [3.05, 3.63) is 35.4 Å². The maximum Gasteiger partial charge on any atom is 0.255 e. The van der Waals surface area contributed by atoms with Crippen molar-refractivity contribution in [1.29, 1.82) is 0 Å². The Balaban J connectivity index is 2.96. The lowest BCUT2D eigenvalue weighted by Gasteiger charge is -2.22. The minimum Gasteiger partial charge on any atom is -0.383 e. The van der Waals surface area contributed by atoms with E-state index in [1.807, 2.05) is 18.2 Å². The quantitative estimate of drug-likeness (QED) is 0.752. The van der Waals surface area contributed by atoms with E-state index in [1.165, 1.54) is 0 Å². The van der Waals surface area contributed by atoms with Crippen LogP contribution in [0, 0.1) is 11.8 Å². The SMILES string of the molecule is COCCN(CCOC)C(=O)c1ccccc1C#CCN. The number of carbonyl (C=O) groups is 1. The largest absolute Gasteiger partial charge is 0.383 e. The van der Waals surface area contributed by atoms with E-state index in [-0.39, 0.29) is 12.5 Å². The molecule has 0 unspecified atom stereocenters. The van der Waals surface area contributed by atoms with Crippen molar-refractivity contribution in [1.82, 2.24) is 4.90 Å². The molecule has 5 nitrogen and oxygen atoms in total. The fraction of sp³-hybridized carbons (Fsp3) is 0.438. The molecule has 0 saturated heterocycles. The molecule has 0 aliphatic carbocycles. The van der Waals surface area contributed by atoms with Crippen molar-refractivity contribution in [3.63, 3.8) is 0 Å². The van der Waals surface area contributed by atoms with Crippen LogP contribution in [0.1, 0.15) is 15.9 Å². The van der Waals surface area contributed by atoms with E-state index in [4.69, 9.17) is 15.2 Å². The van der Waals surface area contributed by atoms with Crippen molar-refractivity contribution in [2.24, 2.45) is 5.73 Å². The molecule has 0 fully saturated rings. The van der Waals surface area contributed by atoms with Gasteiger partial charge in [-0.15, -0.1) is 0 Å². The summed E-state index contributed by atoms with van der Waals surface area (Å²) < 4.78 is 10.1. The summed E-state index contributed by atoms with van der Waals surface area (Å²) in [6, 6.07) is 7.27. The summed E-state index contributed by atoms with van der Waals surface area (Å²) in [5.41, 5.74) is 6.65. The maximum absolute atomic E-state index is 12.7. The molecule has 0 aromatic heterocycles. The van der Waals surface area contributed by atoms with E-state index >= 15 is 0 Å². The first kappa shape index (κ1) is 17.2. The molecular weight excluding hydrogens is 268 g/mol. The highest BCUT2D eigenvalue weighted by Gasteiger charge is 2.17. The molecule has 0 saturated carbocycles. The molecule has 0 aliphatic rings. The van der Waals surface area contributed by atoms with E-state index in [0.717, 1.165) is 0 Å². The van der Waals surface area contributed by atoms with Gasteiger partial charge >= 0.3 is 0 Å². The van der Waals surface area contributed by atoms with Crippen LogP contribution in [0.5, 0.6) is 0 Å². The summed E-state index contributed by atoms with van der Waals surface area (Å²) >= 11 is 0. The number of benzene rings is 1. The molecule has 1 aromatic carbocycles. The van der Waals surface area contributed by atoms with Gasteiger partial charge in [0.25, 0.3) is 5.91 Å². The second kappa shape index (κ2) is 9.94. The van der Waals surface area contributed by atoms with Crippen LogP contribution in [-0.4, -0.2) is 57.9 Å². The molecular formula is C16H22N2O3. The number of rotatable bonds is 7. The summed E-state index contributed by atoms with van der Waals surface area (Å²) in [7, 11) is 3.22. The number of hydrogen-bond acceptors (Lipinski definition) is 4. The van der Waals surface area contributed by atoms with Gasteiger partial charge in [-0.3, -0.25) is 4.79 Å². The molecule has 5 heteroatoms. The minimum atomic E-state index is -0.0778. The second-order valence-corrected chi connectivity index (χ2v) is 4.33. The van der Waals surface area contributed by atoms with Gasteiger partial charge in [-0.1, -0.05) is 24.0 Å². The lowest BCUT2D eigenvalue weighted by molar-refractivity contribution is 0.0627. The summed E-state index contributed by atoms with van der Waals surface area (Å²) in [6.45, 7) is 2.24. The first-order valence-corrected chi connectivity index (χ1v) is 6.79. The van der Waals surface area contributed by atoms with Crippen molar-refractivity contribution in [2.75, 3.05) is 47.1 Å². The number of carbonyl (C=O) groups excluding carboxylic acids is 1. The van der Waals surface area contributed by atoms with Crippen LogP contribution in [-0.2, 0) is 9.47 Å². The maximum atomic E-state index is 12.7. The van der Waals surface area contributed by atoms with Gasteiger partial charge in [0.2, 0.25) is 0 Å². The van der Waals surface area contributed by atoms with E-state index in [9.17, 15) is 4.79 Å². The molecule has 0 spiro atoms. The molecule has 0 bridgehead atoms. The van der Waals surface area contributed by atoms with Gasteiger partial charge in [-0.05, 0) is 12.1 Å². The fourth-order valence-electron chi connectivity index (χ4n) is 1.81. The van der Waals surface area contributed by atoms with Crippen molar-refractivity contribution >= 4 is 5.91 Å². The van der Waals surface area contributed by atoms with Gasteiger partial charge in [-0.25, -0.2) is 0 Å². The number of ether oxygens (including phenoxy) is 2. The predicted octanol–water partition coefficient (Wildman–Crippen LogP) is 0.732. The van der Waals surface area contributed by atoms with Crippen molar-refractivity contribution < 1.29 is 14.3 Å². The third kappa shape index (κ3) is 5.56. The normalized spacial score (nSPS) is 9.86. The molecule has 0 aliphatic heterocycles. The molecule has 0 heterocycles. The molecule has 2 N–H and O–H groups in total. The topological polar surface area (TPSA) is 64.8 Å². The smallest absolute Gasteiger partial charge is 0.255 e. The van der Waals surface area contributed by atoms with Gasteiger partial charge in [0.1, 0.15) is 0 Å². The lowest BCUT2D eigenvalue weighted by Crippen LogP contribution is -2.36. The Kier molecular flexibility index (Phi) is 8.14. The van der Waals surface area contributed by atoms with Gasteiger partial charge in [0.05, 0.1) is 25.3 Å². The van der Waals surface area contributed by atoms with Crippen LogP contribution in [0.3, 0.4) is 0 Å².